The zero-order chi connectivity index (χ0) is 18.6. The van der Waals surface area contributed by atoms with E-state index < -0.39 is 22.7 Å². The number of hydrogen-bond acceptors (Lipinski definition) is 7. The molecule has 0 aliphatic carbocycles. The van der Waals surface area contributed by atoms with Crippen molar-refractivity contribution in [3.8, 4) is 0 Å². The van der Waals surface area contributed by atoms with E-state index in [0.717, 1.165) is 44.2 Å². The van der Waals surface area contributed by atoms with Crippen LogP contribution in [0.15, 0.2) is 46.2 Å². The van der Waals surface area contributed by atoms with Crippen LogP contribution in [0.4, 0.5) is 10.1 Å². The van der Waals surface area contributed by atoms with Crippen LogP contribution in [0.5, 0.6) is 0 Å². The Kier molecular flexibility index (Phi) is 5.71. The Morgan fingerprint density at radius 2 is 1.68 bits per heavy atom. The second-order valence-electron chi connectivity index (χ2n) is 4.67. The third-order valence-electron chi connectivity index (χ3n) is 3.14. The minimum absolute atomic E-state index is 0.0193. The van der Waals surface area contributed by atoms with Gasteiger partial charge in [0, 0.05) is 11.0 Å². The first-order chi connectivity index (χ1) is 11.9. The van der Waals surface area contributed by atoms with Crippen LogP contribution in [0, 0.1) is 15.9 Å². The molecule has 0 heterocycles. The molecule has 130 valence electrons. The van der Waals surface area contributed by atoms with Gasteiger partial charge in [-0.1, -0.05) is 11.8 Å². The molecule has 0 unspecified atom stereocenters. The Bertz CT molecular complexity index is 855. The summed E-state index contributed by atoms with van der Waals surface area (Å²) in [4.78, 5) is 34.4. The van der Waals surface area contributed by atoms with Gasteiger partial charge in [-0.15, -0.1) is 0 Å². The van der Waals surface area contributed by atoms with Gasteiger partial charge in [0.2, 0.25) is 0 Å². The van der Waals surface area contributed by atoms with Crippen molar-refractivity contribution < 1.29 is 28.4 Å². The average molecular weight is 365 g/mol. The molecule has 0 saturated heterocycles. The molecule has 0 N–H and O–H groups in total. The van der Waals surface area contributed by atoms with Crippen molar-refractivity contribution in [3.05, 3.63) is 63.5 Å². The Hall–Kier alpha value is -2.94. The number of nitro groups is 1. The first-order valence-electron chi connectivity index (χ1n) is 6.80. The van der Waals surface area contributed by atoms with Gasteiger partial charge >= 0.3 is 11.9 Å². The van der Waals surface area contributed by atoms with Crippen molar-refractivity contribution in [1.82, 2.24) is 0 Å². The summed E-state index contributed by atoms with van der Waals surface area (Å²) >= 11 is 0.888. The third kappa shape index (κ3) is 4.13. The highest BCUT2D eigenvalue weighted by Gasteiger charge is 2.21. The number of nitrogens with zero attached hydrogens (tertiary/aromatic N) is 1. The van der Waals surface area contributed by atoms with E-state index >= 15 is 0 Å². The third-order valence-corrected chi connectivity index (χ3v) is 4.28. The van der Waals surface area contributed by atoms with E-state index in [4.69, 9.17) is 0 Å². The van der Waals surface area contributed by atoms with Crippen molar-refractivity contribution in [2.24, 2.45) is 0 Å². The number of carbonyl (C=O) groups excluding carboxylic acids is 2. The van der Waals surface area contributed by atoms with Crippen molar-refractivity contribution in [1.29, 1.82) is 0 Å². The summed E-state index contributed by atoms with van der Waals surface area (Å²) in [6, 6.07) is 7.24. The zero-order valence-corrected chi connectivity index (χ0v) is 14.0. The number of ether oxygens (including phenoxy) is 2. The molecule has 0 radical (unpaired) electrons. The van der Waals surface area contributed by atoms with Crippen LogP contribution in [0.2, 0.25) is 0 Å². The fourth-order valence-corrected chi connectivity index (χ4v) is 2.97. The van der Waals surface area contributed by atoms with Gasteiger partial charge in [-0.25, -0.2) is 14.0 Å². The molecule has 2 aromatic rings. The fourth-order valence-electron chi connectivity index (χ4n) is 1.97. The monoisotopic (exact) mass is 365 g/mol. The van der Waals surface area contributed by atoms with Gasteiger partial charge in [-0.2, -0.15) is 0 Å². The quantitative estimate of drug-likeness (QED) is 0.455. The summed E-state index contributed by atoms with van der Waals surface area (Å²) in [6.45, 7) is 0. The minimum atomic E-state index is -0.768. The van der Waals surface area contributed by atoms with Crippen molar-refractivity contribution >= 4 is 29.4 Å². The number of benzene rings is 2. The van der Waals surface area contributed by atoms with Crippen LogP contribution < -0.4 is 0 Å². The molecule has 9 heteroatoms. The predicted octanol–water partition coefficient (Wildman–Crippen LogP) is 3.46. The first kappa shape index (κ1) is 18.4. The van der Waals surface area contributed by atoms with Crippen LogP contribution in [-0.2, 0) is 9.47 Å². The number of rotatable bonds is 5. The molecule has 0 bridgehead atoms. The maximum atomic E-state index is 13.4. The van der Waals surface area contributed by atoms with Crippen LogP contribution in [0.25, 0.3) is 0 Å². The summed E-state index contributed by atoms with van der Waals surface area (Å²) in [5, 5.41) is 11.3. The van der Waals surface area contributed by atoms with E-state index in [0.29, 0.717) is 0 Å². The molecule has 25 heavy (non-hydrogen) atoms. The highest BCUT2D eigenvalue weighted by molar-refractivity contribution is 7.99. The summed E-state index contributed by atoms with van der Waals surface area (Å²) in [6.07, 6.45) is 0. The Balaban J connectivity index is 2.49. The molecule has 0 aliphatic heterocycles. The zero-order valence-electron chi connectivity index (χ0n) is 13.1. The summed E-state index contributed by atoms with van der Waals surface area (Å²) < 4.78 is 22.5. The van der Waals surface area contributed by atoms with Gasteiger partial charge in [0.25, 0.3) is 5.69 Å². The standard InChI is InChI=1S/C16H12FNO6S/c1-23-15(19)9-3-5-14(12(7-9)18(21)22)25-13-6-4-10(17)8-11(13)16(20)24-2/h3-8H,1-2H3. The number of carbonyl (C=O) groups is 2. The Morgan fingerprint density at radius 1 is 1.04 bits per heavy atom. The van der Waals surface area contributed by atoms with Crippen LogP contribution >= 0.6 is 11.8 Å². The topological polar surface area (TPSA) is 95.7 Å². The van der Waals surface area contributed by atoms with E-state index in [-0.39, 0.29) is 26.6 Å². The highest BCUT2D eigenvalue weighted by atomic mass is 32.2. The number of methoxy groups -OCH3 is 2. The van der Waals surface area contributed by atoms with E-state index in [1.54, 1.807) is 0 Å². The van der Waals surface area contributed by atoms with Crippen LogP contribution in [0.3, 0.4) is 0 Å². The second kappa shape index (κ2) is 7.75. The molecule has 0 fully saturated rings. The number of esters is 2. The van der Waals surface area contributed by atoms with Crippen molar-refractivity contribution in [3.63, 3.8) is 0 Å². The van der Waals surface area contributed by atoms with Crippen molar-refractivity contribution in [2.75, 3.05) is 14.2 Å². The Morgan fingerprint density at radius 3 is 2.28 bits per heavy atom. The lowest BCUT2D eigenvalue weighted by molar-refractivity contribution is -0.387. The molecular weight excluding hydrogens is 353 g/mol. The molecule has 0 atom stereocenters. The fraction of sp³-hybridized carbons (Fsp3) is 0.125. The van der Waals surface area contributed by atoms with Gasteiger partial charge in [-0.05, 0) is 30.3 Å². The average Bonchev–Trinajstić information content (AvgIpc) is 2.61. The molecule has 0 amide bonds. The van der Waals surface area contributed by atoms with Crippen molar-refractivity contribution in [2.45, 2.75) is 9.79 Å². The van der Waals surface area contributed by atoms with Gasteiger partial charge in [0.15, 0.2) is 0 Å². The molecule has 7 nitrogen and oxygen atoms in total. The maximum absolute atomic E-state index is 13.4. The van der Waals surface area contributed by atoms with E-state index in [9.17, 15) is 24.1 Å². The SMILES string of the molecule is COC(=O)c1ccc(Sc2ccc(F)cc2C(=O)OC)c([N+](=O)[O-])c1. The molecule has 0 saturated carbocycles. The lowest BCUT2D eigenvalue weighted by Gasteiger charge is -2.09. The number of nitro benzene ring substituents is 1. The first-order valence-corrected chi connectivity index (χ1v) is 7.61. The lowest BCUT2D eigenvalue weighted by Crippen LogP contribution is -2.04. The maximum Gasteiger partial charge on any atom is 0.339 e. The smallest absolute Gasteiger partial charge is 0.339 e. The van der Waals surface area contributed by atoms with Crippen LogP contribution in [-0.4, -0.2) is 31.1 Å². The second-order valence-corrected chi connectivity index (χ2v) is 5.75. The predicted molar refractivity (Wildman–Crippen MR) is 86.3 cm³/mol. The molecule has 0 aromatic heterocycles. The van der Waals surface area contributed by atoms with E-state index in [1.807, 2.05) is 0 Å². The Labute approximate surface area is 145 Å². The molecule has 0 aliphatic rings. The van der Waals surface area contributed by atoms with Gasteiger partial charge < -0.3 is 9.47 Å². The van der Waals surface area contributed by atoms with Gasteiger partial charge in [0.05, 0.1) is 35.2 Å². The number of hydrogen-bond donors (Lipinski definition) is 0. The van der Waals surface area contributed by atoms with Gasteiger partial charge in [0.1, 0.15) is 5.82 Å². The highest BCUT2D eigenvalue weighted by Crippen LogP contribution is 2.37. The van der Waals surface area contributed by atoms with Crippen LogP contribution in [0.1, 0.15) is 20.7 Å². The summed E-state index contributed by atoms with van der Waals surface area (Å²) in [7, 11) is 2.31. The summed E-state index contributed by atoms with van der Waals surface area (Å²) in [5.74, 6) is -2.12. The normalized spacial score (nSPS) is 10.2. The lowest BCUT2D eigenvalue weighted by atomic mass is 10.2. The minimum Gasteiger partial charge on any atom is -0.465 e. The number of halogens is 1. The molecule has 2 aromatic carbocycles. The van der Waals surface area contributed by atoms with Gasteiger partial charge in [-0.3, -0.25) is 10.1 Å². The van der Waals surface area contributed by atoms with E-state index in [2.05, 4.69) is 9.47 Å². The largest absolute Gasteiger partial charge is 0.465 e. The molecule has 0 spiro atoms. The van der Waals surface area contributed by atoms with E-state index in [1.165, 1.54) is 18.2 Å². The molecular formula is C16H12FNO6S. The molecule has 2 rings (SSSR count). The summed E-state index contributed by atoms with van der Waals surface area (Å²) in [5.41, 5.74) is -0.377.